The Labute approximate surface area is 98.1 Å². The number of hydrogen-bond donors (Lipinski definition) is 0. The molecule has 7 nitrogen and oxygen atoms in total. The molecule has 0 unspecified atom stereocenters. The van der Waals surface area contributed by atoms with E-state index >= 15 is 0 Å². The van der Waals surface area contributed by atoms with Crippen LogP contribution in [0.2, 0.25) is 0 Å². The third-order valence-electron chi connectivity index (χ3n) is 1.26. The second-order valence-electron chi connectivity index (χ2n) is 2.03. The van der Waals surface area contributed by atoms with Gasteiger partial charge in [0.2, 0.25) is 0 Å². The van der Waals surface area contributed by atoms with E-state index in [0.29, 0.717) is 0 Å². The zero-order chi connectivity index (χ0) is 9.78. The van der Waals surface area contributed by atoms with Gasteiger partial charge in [-0.15, -0.1) is 0 Å². The number of rotatable bonds is 4. The van der Waals surface area contributed by atoms with E-state index in [-0.39, 0.29) is 29.6 Å². The first-order valence-corrected chi connectivity index (χ1v) is 4.42. The van der Waals surface area contributed by atoms with Crippen molar-refractivity contribution in [3.8, 4) is 0 Å². The topological polar surface area (TPSA) is 115 Å². The Morgan fingerprint density at radius 1 is 1.62 bits per heavy atom. The maximum atomic E-state index is 10.4. The van der Waals surface area contributed by atoms with Crippen LogP contribution in [0.1, 0.15) is 6.92 Å². The summed E-state index contributed by atoms with van der Waals surface area (Å²) in [4.78, 5) is 2.34. The van der Waals surface area contributed by atoms with Gasteiger partial charge in [0.05, 0.1) is 15.4 Å². The van der Waals surface area contributed by atoms with Gasteiger partial charge in [-0.25, -0.2) is 8.42 Å². The van der Waals surface area contributed by atoms with Gasteiger partial charge in [-0.2, -0.15) is 0 Å². The molecule has 0 aliphatic heterocycles. The fraction of sp³-hybridized carbons (Fsp3) is 1.00. The Kier molecular flexibility index (Phi) is 7.95. The largest absolute Gasteiger partial charge is 1.00 e. The summed E-state index contributed by atoms with van der Waals surface area (Å²) >= 11 is 0. The van der Waals surface area contributed by atoms with Crippen LogP contribution in [0.5, 0.6) is 0 Å². The van der Waals surface area contributed by atoms with E-state index in [4.69, 9.17) is 5.53 Å². The molecule has 0 radical (unpaired) electrons. The summed E-state index contributed by atoms with van der Waals surface area (Å²) in [6.07, 6.45) is -1.27. The van der Waals surface area contributed by atoms with Gasteiger partial charge in [0.25, 0.3) is 0 Å². The summed E-state index contributed by atoms with van der Waals surface area (Å²) in [7, 11) is -3.32. The Morgan fingerprint density at radius 3 is 2.31 bits per heavy atom. The second kappa shape index (κ2) is 6.61. The molecule has 0 aromatic carbocycles. The molecule has 0 N–H and O–H groups in total. The number of hydrogen-bond acceptors (Lipinski definition) is 5. The van der Waals surface area contributed by atoms with Crippen molar-refractivity contribution in [2.45, 2.75) is 18.4 Å². The van der Waals surface area contributed by atoms with Crippen molar-refractivity contribution >= 4 is 10.1 Å². The van der Waals surface area contributed by atoms with E-state index in [2.05, 4.69) is 14.8 Å². The molecule has 0 heterocycles. The van der Waals surface area contributed by atoms with Crippen molar-refractivity contribution in [1.29, 1.82) is 0 Å². The SMILES string of the molecule is CO[C@H](N=[N+]=[N-])[C@@H](C)S(=O)(=O)[O-].[Na+]. The van der Waals surface area contributed by atoms with Crippen molar-refractivity contribution in [2.75, 3.05) is 7.11 Å². The van der Waals surface area contributed by atoms with Gasteiger partial charge in [0.15, 0.2) is 6.23 Å². The second-order valence-corrected chi connectivity index (χ2v) is 3.76. The molecular weight excluding hydrogens is 209 g/mol. The minimum Gasteiger partial charge on any atom is -0.748 e. The molecular formula is C4H8N3NaO4S. The molecule has 0 rings (SSSR count). The molecule has 0 aliphatic carbocycles. The van der Waals surface area contributed by atoms with Gasteiger partial charge in [-0.1, -0.05) is 5.11 Å². The maximum Gasteiger partial charge on any atom is 1.00 e. The molecule has 0 spiro atoms. The van der Waals surface area contributed by atoms with Crippen LogP contribution in [0, 0.1) is 0 Å². The Bertz CT molecular complexity index is 286. The predicted octanol–water partition coefficient (Wildman–Crippen LogP) is -2.79. The van der Waals surface area contributed by atoms with Gasteiger partial charge in [-0.05, 0) is 12.5 Å². The third kappa shape index (κ3) is 5.48. The Balaban J connectivity index is 0. The van der Waals surface area contributed by atoms with E-state index < -0.39 is 21.6 Å². The van der Waals surface area contributed by atoms with E-state index in [1.54, 1.807) is 0 Å². The van der Waals surface area contributed by atoms with Crippen molar-refractivity contribution in [3.63, 3.8) is 0 Å². The van der Waals surface area contributed by atoms with Crippen LogP contribution in [0.25, 0.3) is 10.4 Å². The number of nitrogens with zero attached hydrogens (tertiary/aromatic N) is 3. The molecule has 13 heavy (non-hydrogen) atoms. The number of azide groups is 1. The summed E-state index contributed by atoms with van der Waals surface area (Å²) in [5.41, 5.74) is 7.96. The van der Waals surface area contributed by atoms with Crippen molar-refractivity contribution < 1.29 is 47.3 Å². The normalized spacial score (nSPS) is 15.0. The average molecular weight is 217 g/mol. The van der Waals surface area contributed by atoms with Crippen molar-refractivity contribution in [3.05, 3.63) is 10.4 Å². The van der Waals surface area contributed by atoms with Crippen LogP contribution in [-0.4, -0.2) is 31.6 Å². The fourth-order valence-electron chi connectivity index (χ4n) is 0.526. The van der Waals surface area contributed by atoms with Crippen LogP contribution in [0.3, 0.4) is 0 Å². The number of methoxy groups -OCH3 is 1. The van der Waals surface area contributed by atoms with Crippen molar-refractivity contribution in [2.24, 2.45) is 5.11 Å². The zero-order valence-electron chi connectivity index (χ0n) is 7.54. The molecule has 0 aliphatic rings. The smallest absolute Gasteiger partial charge is 0.748 e. The minimum atomic E-state index is -4.48. The monoisotopic (exact) mass is 217 g/mol. The van der Waals surface area contributed by atoms with Gasteiger partial charge in [0, 0.05) is 12.0 Å². The predicted molar refractivity (Wildman–Crippen MR) is 39.1 cm³/mol. The molecule has 0 bridgehead atoms. The summed E-state index contributed by atoms with van der Waals surface area (Å²) in [6, 6.07) is 0. The summed E-state index contributed by atoms with van der Waals surface area (Å²) in [5, 5.41) is 1.61. The van der Waals surface area contributed by atoms with E-state index in [9.17, 15) is 13.0 Å². The molecule has 0 saturated heterocycles. The molecule has 0 aromatic rings. The fourth-order valence-corrected chi connectivity index (χ4v) is 0.977. The summed E-state index contributed by atoms with van der Waals surface area (Å²) in [6.45, 7) is 1.12. The minimum absolute atomic E-state index is 0. The molecule has 0 fully saturated rings. The number of ether oxygens (including phenoxy) is 1. The van der Waals surface area contributed by atoms with Crippen LogP contribution < -0.4 is 29.6 Å². The van der Waals surface area contributed by atoms with Gasteiger partial charge in [-0.3, -0.25) is 0 Å². The van der Waals surface area contributed by atoms with Crippen LogP contribution >= 0.6 is 0 Å². The van der Waals surface area contributed by atoms with Gasteiger partial charge < -0.3 is 9.29 Å². The zero-order valence-corrected chi connectivity index (χ0v) is 10.4. The van der Waals surface area contributed by atoms with Gasteiger partial charge in [0.1, 0.15) is 0 Å². The van der Waals surface area contributed by atoms with Crippen LogP contribution in [0.15, 0.2) is 5.11 Å². The molecule has 2 atom stereocenters. The first kappa shape index (κ1) is 15.6. The van der Waals surface area contributed by atoms with Crippen LogP contribution in [-0.2, 0) is 14.9 Å². The molecule has 0 saturated carbocycles. The molecule has 0 aromatic heterocycles. The van der Waals surface area contributed by atoms with E-state index in [1.165, 1.54) is 0 Å². The van der Waals surface area contributed by atoms with E-state index in [1.807, 2.05) is 0 Å². The van der Waals surface area contributed by atoms with Crippen molar-refractivity contribution in [1.82, 2.24) is 0 Å². The molecule has 0 amide bonds. The molecule has 70 valence electrons. The quantitative estimate of drug-likeness (QED) is 0.166. The molecule has 9 heteroatoms. The summed E-state index contributed by atoms with van der Waals surface area (Å²) < 4.78 is 35.6. The van der Waals surface area contributed by atoms with Crippen LogP contribution in [0.4, 0.5) is 0 Å². The Morgan fingerprint density at radius 2 is 2.08 bits per heavy atom. The van der Waals surface area contributed by atoms with E-state index in [0.717, 1.165) is 14.0 Å². The maximum absolute atomic E-state index is 10.4. The average Bonchev–Trinajstić information content (AvgIpc) is 1.97. The summed E-state index contributed by atoms with van der Waals surface area (Å²) in [5.74, 6) is 0. The first-order valence-electron chi connectivity index (χ1n) is 2.95. The standard InChI is InChI=1S/C4H9N3O4S.Na/c1-3(12(8,9)10)4(11-2)6-7-5;/h3-4H,1-2H3,(H,8,9,10);/q;+1/p-1/t3-,4+;/m1./s1. The first-order chi connectivity index (χ1) is 5.43. The third-order valence-corrected chi connectivity index (χ3v) is 2.41. The van der Waals surface area contributed by atoms with Gasteiger partial charge >= 0.3 is 29.6 Å². The Hall–Kier alpha value is 0.180.